The molecule has 0 aromatic heterocycles. The lowest BCUT2D eigenvalue weighted by Gasteiger charge is -2.32. The highest BCUT2D eigenvalue weighted by atomic mass is 14.3. The molecular formula is C15H20. The van der Waals surface area contributed by atoms with Gasteiger partial charge in [-0.25, -0.2) is 0 Å². The molecule has 0 saturated heterocycles. The minimum atomic E-state index is 0.100. The molecule has 0 aliphatic rings. The van der Waals surface area contributed by atoms with Crippen LogP contribution in [0.1, 0.15) is 31.7 Å². The highest BCUT2D eigenvalue weighted by Gasteiger charge is 2.28. The van der Waals surface area contributed by atoms with Crippen LogP contribution in [-0.2, 0) is 0 Å². The van der Waals surface area contributed by atoms with E-state index in [-0.39, 0.29) is 5.41 Å². The van der Waals surface area contributed by atoms with Crippen molar-refractivity contribution in [3.63, 3.8) is 0 Å². The Morgan fingerprint density at radius 2 is 1.87 bits per heavy atom. The zero-order chi connectivity index (χ0) is 11.3. The van der Waals surface area contributed by atoms with Crippen LogP contribution in [0.3, 0.4) is 0 Å². The van der Waals surface area contributed by atoms with E-state index >= 15 is 0 Å². The summed E-state index contributed by atoms with van der Waals surface area (Å²) in [6.07, 6.45) is 5.15. The maximum absolute atomic E-state index is 3.95. The largest absolute Gasteiger partial charge is 0.102 e. The molecule has 0 saturated carbocycles. The summed E-state index contributed by atoms with van der Waals surface area (Å²) in [4.78, 5) is 0. The molecule has 80 valence electrons. The van der Waals surface area contributed by atoms with Crippen LogP contribution < -0.4 is 0 Å². The molecule has 0 heterocycles. The standard InChI is InChI=1S/C15H20/c1-5-14(15(4,6-2)7-3)13-11-9-8-10-12-13/h5-6,8-12,14H,1-2,7H2,3-4H3. The van der Waals surface area contributed by atoms with E-state index in [1.165, 1.54) is 5.56 Å². The van der Waals surface area contributed by atoms with Crippen molar-refractivity contribution in [1.82, 2.24) is 0 Å². The van der Waals surface area contributed by atoms with E-state index in [2.05, 4.69) is 51.3 Å². The zero-order valence-electron chi connectivity index (χ0n) is 9.74. The van der Waals surface area contributed by atoms with Gasteiger partial charge in [-0.1, -0.05) is 56.3 Å². The molecule has 2 atom stereocenters. The van der Waals surface area contributed by atoms with Crippen LogP contribution in [0, 0.1) is 5.41 Å². The van der Waals surface area contributed by atoms with E-state index in [1.54, 1.807) is 0 Å². The minimum absolute atomic E-state index is 0.100. The van der Waals surface area contributed by atoms with E-state index in [0.717, 1.165) is 6.42 Å². The topological polar surface area (TPSA) is 0 Å². The molecule has 1 aromatic carbocycles. The second-order valence-electron chi connectivity index (χ2n) is 4.19. The van der Waals surface area contributed by atoms with Crippen molar-refractivity contribution in [3.8, 4) is 0 Å². The summed E-state index contributed by atoms with van der Waals surface area (Å²) in [6.45, 7) is 12.3. The molecule has 0 bridgehead atoms. The maximum Gasteiger partial charge on any atom is 0.0104 e. The Balaban J connectivity index is 3.09. The number of benzene rings is 1. The fraction of sp³-hybridized carbons (Fsp3) is 0.333. The van der Waals surface area contributed by atoms with E-state index < -0.39 is 0 Å². The third-order valence-electron chi connectivity index (χ3n) is 3.33. The summed E-state index contributed by atoms with van der Waals surface area (Å²) >= 11 is 0. The van der Waals surface area contributed by atoms with E-state index in [1.807, 2.05) is 18.2 Å². The Labute approximate surface area is 93.3 Å². The quantitative estimate of drug-likeness (QED) is 0.611. The van der Waals surface area contributed by atoms with Gasteiger partial charge in [0.05, 0.1) is 0 Å². The molecule has 0 aliphatic heterocycles. The molecule has 2 unspecified atom stereocenters. The van der Waals surface area contributed by atoms with Crippen molar-refractivity contribution < 1.29 is 0 Å². The van der Waals surface area contributed by atoms with Crippen LogP contribution >= 0.6 is 0 Å². The van der Waals surface area contributed by atoms with Gasteiger partial charge in [-0.05, 0) is 17.4 Å². The van der Waals surface area contributed by atoms with Gasteiger partial charge in [-0.15, -0.1) is 13.2 Å². The predicted molar refractivity (Wildman–Crippen MR) is 68.0 cm³/mol. The van der Waals surface area contributed by atoms with Crippen LogP contribution in [0.4, 0.5) is 0 Å². The van der Waals surface area contributed by atoms with Crippen molar-refractivity contribution in [2.45, 2.75) is 26.2 Å². The highest BCUT2D eigenvalue weighted by Crippen LogP contribution is 2.40. The molecular weight excluding hydrogens is 180 g/mol. The van der Waals surface area contributed by atoms with E-state index in [9.17, 15) is 0 Å². The zero-order valence-corrected chi connectivity index (χ0v) is 9.74. The normalized spacial score (nSPS) is 16.4. The van der Waals surface area contributed by atoms with Gasteiger partial charge in [-0.3, -0.25) is 0 Å². The van der Waals surface area contributed by atoms with Crippen molar-refractivity contribution in [3.05, 3.63) is 61.2 Å². The van der Waals surface area contributed by atoms with Gasteiger partial charge in [0.15, 0.2) is 0 Å². The average Bonchev–Trinajstić information content (AvgIpc) is 2.31. The highest BCUT2D eigenvalue weighted by molar-refractivity contribution is 5.27. The molecule has 0 spiro atoms. The summed E-state index contributed by atoms with van der Waals surface area (Å²) in [6, 6.07) is 10.5. The second kappa shape index (κ2) is 4.97. The van der Waals surface area contributed by atoms with Crippen molar-refractivity contribution >= 4 is 0 Å². The molecule has 0 N–H and O–H groups in total. The minimum Gasteiger partial charge on any atom is -0.102 e. The molecule has 15 heavy (non-hydrogen) atoms. The Kier molecular flexibility index (Phi) is 3.90. The first-order chi connectivity index (χ1) is 7.18. The van der Waals surface area contributed by atoms with Gasteiger partial charge in [0.25, 0.3) is 0 Å². The first-order valence-electron chi connectivity index (χ1n) is 5.49. The maximum atomic E-state index is 3.95. The summed E-state index contributed by atoms with van der Waals surface area (Å²) in [5, 5.41) is 0. The van der Waals surface area contributed by atoms with Crippen LogP contribution in [0.25, 0.3) is 0 Å². The van der Waals surface area contributed by atoms with Gasteiger partial charge < -0.3 is 0 Å². The van der Waals surface area contributed by atoms with Crippen molar-refractivity contribution in [1.29, 1.82) is 0 Å². The number of rotatable bonds is 5. The molecule has 0 fully saturated rings. The molecule has 0 aliphatic carbocycles. The Hall–Kier alpha value is -1.30. The average molecular weight is 200 g/mol. The van der Waals surface area contributed by atoms with Gasteiger partial charge in [0.1, 0.15) is 0 Å². The first-order valence-corrected chi connectivity index (χ1v) is 5.49. The number of hydrogen-bond donors (Lipinski definition) is 0. The van der Waals surface area contributed by atoms with Crippen LogP contribution in [0.15, 0.2) is 55.6 Å². The summed E-state index contributed by atoms with van der Waals surface area (Å²) in [5.74, 6) is 0.348. The fourth-order valence-corrected chi connectivity index (χ4v) is 1.94. The monoisotopic (exact) mass is 200 g/mol. The van der Waals surface area contributed by atoms with Crippen LogP contribution in [0.5, 0.6) is 0 Å². The lowest BCUT2D eigenvalue weighted by atomic mass is 9.72. The molecule has 0 amide bonds. The van der Waals surface area contributed by atoms with Gasteiger partial charge >= 0.3 is 0 Å². The van der Waals surface area contributed by atoms with Crippen LogP contribution in [0.2, 0.25) is 0 Å². The van der Waals surface area contributed by atoms with Crippen LogP contribution in [-0.4, -0.2) is 0 Å². The van der Waals surface area contributed by atoms with E-state index in [0.29, 0.717) is 5.92 Å². The smallest absolute Gasteiger partial charge is 0.0104 e. The summed E-state index contributed by atoms with van der Waals surface area (Å²) in [5.41, 5.74) is 1.42. The Bertz CT molecular complexity index is 323. The van der Waals surface area contributed by atoms with Crippen molar-refractivity contribution in [2.75, 3.05) is 0 Å². The van der Waals surface area contributed by atoms with Gasteiger partial charge in [-0.2, -0.15) is 0 Å². The lowest BCUT2D eigenvalue weighted by molar-refractivity contribution is 0.368. The van der Waals surface area contributed by atoms with Crippen molar-refractivity contribution in [2.24, 2.45) is 5.41 Å². The molecule has 0 radical (unpaired) electrons. The number of hydrogen-bond acceptors (Lipinski definition) is 0. The molecule has 0 nitrogen and oxygen atoms in total. The SMILES string of the molecule is C=CC(c1ccccc1)C(C)(C=C)CC. The third kappa shape index (κ3) is 2.38. The first kappa shape index (κ1) is 11.8. The molecule has 0 heteroatoms. The second-order valence-corrected chi connectivity index (χ2v) is 4.19. The summed E-state index contributed by atoms with van der Waals surface area (Å²) < 4.78 is 0. The Morgan fingerprint density at radius 3 is 2.27 bits per heavy atom. The molecule has 1 rings (SSSR count). The third-order valence-corrected chi connectivity index (χ3v) is 3.33. The summed E-state index contributed by atoms with van der Waals surface area (Å²) in [7, 11) is 0. The molecule has 1 aromatic rings. The number of allylic oxidation sites excluding steroid dienone is 2. The van der Waals surface area contributed by atoms with Gasteiger partial charge in [0, 0.05) is 5.92 Å². The predicted octanol–water partition coefficient (Wildman–Crippen LogP) is 4.56. The van der Waals surface area contributed by atoms with Gasteiger partial charge in [0.2, 0.25) is 0 Å². The lowest BCUT2D eigenvalue weighted by Crippen LogP contribution is -2.20. The fourth-order valence-electron chi connectivity index (χ4n) is 1.94. The van der Waals surface area contributed by atoms with E-state index in [4.69, 9.17) is 0 Å². The Morgan fingerprint density at radius 1 is 1.27 bits per heavy atom.